The standard InChI is InChI=1S/C16H16O3/c1-2-5-12-11(4-1)7-8-14-13(12)10-18-16(19-14)15-6-3-9-17-15/h1-2,4-5,7-8,15-16H,3,6,9-10H2. The lowest BCUT2D eigenvalue weighted by Gasteiger charge is -2.30. The maximum atomic E-state index is 5.98. The van der Waals surface area contributed by atoms with E-state index >= 15 is 0 Å². The normalized spacial score (nSPS) is 26.1. The molecule has 0 bridgehead atoms. The van der Waals surface area contributed by atoms with Crippen LogP contribution in [0.25, 0.3) is 10.8 Å². The Morgan fingerprint density at radius 2 is 1.95 bits per heavy atom. The van der Waals surface area contributed by atoms with Crippen molar-refractivity contribution >= 4 is 10.8 Å². The van der Waals surface area contributed by atoms with Gasteiger partial charge in [-0.3, -0.25) is 0 Å². The van der Waals surface area contributed by atoms with Crippen LogP contribution in [0, 0.1) is 0 Å². The van der Waals surface area contributed by atoms with Crippen LogP contribution < -0.4 is 4.74 Å². The maximum absolute atomic E-state index is 5.98. The summed E-state index contributed by atoms with van der Waals surface area (Å²) in [5, 5.41) is 2.44. The van der Waals surface area contributed by atoms with Crippen molar-refractivity contribution in [3.63, 3.8) is 0 Å². The zero-order valence-corrected chi connectivity index (χ0v) is 10.7. The minimum absolute atomic E-state index is 0.0830. The predicted octanol–water partition coefficient (Wildman–Crippen LogP) is 3.25. The highest BCUT2D eigenvalue weighted by atomic mass is 16.7. The van der Waals surface area contributed by atoms with Crippen molar-refractivity contribution in [1.82, 2.24) is 0 Å². The van der Waals surface area contributed by atoms with Gasteiger partial charge in [-0.1, -0.05) is 30.3 Å². The fraction of sp³-hybridized carbons (Fsp3) is 0.375. The maximum Gasteiger partial charge on any atom is 0.226 e. The molecule has 0 saturated carbocycles. The number of hydrogen-bond acceptors (Lipinski definition) is 3. The van der Waals surface area contributed by atoms with Gasteiger partial charge in [0.15, 0.2) is 0 Å². The minimum atomic E-state index is -0.254. The monoisotopic (exact) mass is 256 g/mol. The highest BCUT2D eigenvalue weighted by Gasteiger charge is 2.32. The van der Waals surface area contributed by atoms with E-state index in [2.05, 4.69) is 30.3 Å². The van der Waals surface area contributed by atoms with E-state index in [9.17, 15) is 0 Å². The Balaban J connectivity index is 1.70. The van der Waals surface area contributed by atoms with Crippen LogP contribution in [0.4, 0.5) is 0 Å². The Bertz CT molecular complexity index is 602. The molecule has 3 nitrogen and oxygen atoms in total. The SMILES string of the molecule is c1ccc2c3c(ccc2c1)OC(C1CCCO1)OC3. The Morgan fingerprint density at radius 3 is 2.84 bits per heavy atom. The first-order chi connectivity index (χ1) is 9.42. The van der Waals surface area contributed by atoms with Crippen molar-refractivity contribution in [2.45, 2.75) is 31.8 Å². The van der Waals surface area contributed by atoms with Gasteiger partial charge in [-0.25, -0.2) is 0 Å². The summed E-state index contributed by atoms with van der Waals surface area (Å²) in [6.07, 6.45) is 1.95. The third-order valence-corrected chi connectivity index (χ3v) is 3.90. The molecule has 0 aromatic heterocycles. The van der Waals surface area contributed by atoms with Crippen molar-refractivity contribution in [3.05, 3.63) is 42.0 Å². The van der Waals surface area contributed by atoms with E-state index in [0.29, 0.717) is 6.61 Å². The molecular formula is C16H16O3. The molecular weight excluding hydrogens is 240 g/mol. The third-order valence-electron chi connectivity index (χ3n) is 3.90. The Kier molecular flexibility index (Phi) is 2.67. The van der Waals surface area contributed by atoms with Crippen LogP contribution in [0.3, 0.4) is 0 Å². The lowest BCUT2D eigenvalue weighted by molar-refractivity contribution is -0.168. The van der Waals surface area contributed by atoms with Crippen molar-refractivity contribution in [2.75, 3.05) is 6.61 Å². The summed E-state index contributed by atoms with van der Waals surface area (Å²) in [5.74, 6) is 0.936. The first-order valence-corrected chi connectivity index (χ1v) is 6.82. The lowest BCUT2D eigenvalue weighted by Crippen LogP contribution is -2.36. The molecule has 4 rings (SSSR count). The molecule has 0 amide bonds. The van der Waals surface area contributed by atoms with Crippen molar-refractivity contribution in [3.8, 4) is 5.75 Å². The van der Waals surface area contributed by atoms with Crippen molar-refractivity contribution < 1.29 is 14.2 Å². The molecule has 98 valence electrons. The topological polar surface area (TPSA) is 27.7 Å². The summed E-state index contributed by atoms with van der Waals surface area (Å²) in [7, 11) is 0. The number of fused-ring (bicyclic) bond motifs is 3. The zero-order chi connectivity index (χ0) is 12.7. The van der Waals surface area contributed by atoms with E-state index in [1.54, 1.807) is 0 Å². The molecule has 2 unspecified atom stereocenters. The molecule has 2 aliphatic heterocycles. The molecule has 0 radical (unpaired) electrons. The molecule has 2 aromatic carbocycles. The molecule has 2 aliphatic rings. The van der Waals surface area contributed by atoms with E-state index in [1.807, 2.05) is 6.07 Å². The van der Waals surface area contributed by atoms with Gasteiger partial charge in [0.05, 0.1) is 6.61 Å². The molecule has 2 heterocycles. The van der Waals surface area contributed by atoms with E-state index < -0.39 is 0 Å². The van der Waals surface area contributed by atoms with Crippen LogP contribution in [0.15, 0.2) is 36.4 Å². The second-order valence-corrected chi connectivity index (χ2v) is 5.11. The molecule has 19 heavy (non-hydrogen) atoms. The second kappa shape index (κ2) is 4.51. The Morgan fingerprint density at radius 1 is 1.00 bits per heavy atom. The van der Waals surface area contributed by atoms with E-state index in [0.717, 1.165) is 30.8 Å². The average Bonchev–Trinajstić information content (AvgIpc) is 3.01. The molecule has 2 aromatic rings. The Hall–Kier alpha value is -1.58. The van der Waals surface area contributed by atoms with Crippen molar-refractivity contribution in [1.29, 1.82) is 0 Å². The molecule has 0 spiro atoms. The molecule has 1 fully saturated rings. The average molecular weight is 256 g/mol. The lowest BCUT2D eigenvalue weighted by atomic mass is 10.0. The number of benzene rings is 2. The molecule has 3 heteroatoms. The quantitative estimate of drug-likeness (QED) is 0.784. The van der Waals surface area contributed by atoms with Gasteiger partial charge in [0.25, 0.3) is 0 Å². The van der Waals surface area contributed by atoms with Crippen LogP contribution in [0.5, 0.6) is 5.75 Å². The van der Waals surface area contributed by atoms with Gasteiger partial charge in [0, 0.05) is 12.2 Å². The minimum Gasteiger partial charge on any atom is -0.462 e. The number of ether oxygens (including phenoxy) is 3. The first-order valence-electron chi connectivity index (χ1n) is 6.82. The molecule has 0 aliphatic carbocycles. The van der Waals surface area contributed by atoms with Gasteiger partial charge >= 0.3 is 0 Å². The van der Waals surface area contributed by atoms with Gasteiger partial charge in [-0.05, 0) is 29.7 Å². The fourth-order valence-corrected chi connectivity index (χ4v) is 2.90. The van der Waals surface area contributed by atoms with Gasteiger partial charge < -0.3 is 14.2 Å². The largest absolute Gasteiger partial charge is 0.462 e. The Labute approximate surface area is 112 Å². The summed E-state index contributed by atoms with van der Waals surface area (Å²) in [6, 6.07) is 12.5. The summed E-state index contributed by atoms with van der Waals surface area (Å²) < 4.78 is 17.5. The highest BCUT2D eigenvalue weighted by molar-refractivity contribution is 5.87. The predicted molar refractivity (Wildman–Crippen MR) is 72.1 cm³/mol. The van der Waals surface area contributed by atoms with Crippen LogP contribution in [-0.2, 0) is 16.1 Å². The summed E-state index contributed by atoms with van der Waals surface area (Å²) in [6.45, 7) is 1.42. The summed E-state index contributed by atoms with van der Waals surface area (Å²) in [5.41, 5.74) is 1.15. The summed E-state index contributed by atoms with van der Waals surface area (Å²) >= 11 is 0. The van der Waals surface area contributed by atoms with E-state index in [1.165, 1.54) is 10.8 Å². The van der Waals surface area contributed by atoms with E-state index in [-0.39, 0.29) is 12.4 Å². The van der Waals surface area contributed by atoms with Gasteiger partial charge in [-0.15, -0.1) is 0 Å². The highest BCUT2D eigenvalue weighted by Crippen LogP contribution is 2.35. The fourth-order valence-electron chi connectivity index (χ4n) is 2.90. The van der Waals surface area contributed by atoms with Crippen LogP contribution in [0.2, 0.25) is 0 Å². The first kappa shape index (κ1) is 11.3. The molecule has 2 atom stereocenters. The number of rotatable bonds is 1. The van der Waals surface area contributed by atoms with E-state index in [4.69, 9.17) is 14.2 Å². The third kappa shape index (κ3) is 1.90. The van der Waals surface area contributed by atoms with Crippen LogP contribution in [-0.4, -0.2) is 19.0 Å². The zero-order valence-electron chi connectivity index (χ0n) is 10.7. The molecule has 0 N–H and O–H groups in total. The summed E-state index contributed by atoms with van der Waals surface area (Å²) in [4.78, 5) is 0. The van der Waals surface area contributed by atoms with Crippen LogP contribution >= 0.6 is 0 Å². The van der Waals surface area contributed by atoms with Gasteiger partial charge in [-0.2, -0.15) is 0 Å². The van der Waals surface area contributed by atoms with Gasteiger partial charge in [0.2, 0.25) is 6.29 Å². The van der Waals surface area contributed by atoms with Gasteiger partial charge in [0.1, 0.15) is 11.9 Å². The number of hydrogen-bond donors (Lipinski definition) is 0. The van der Waals surface area contributed by atoms with Crippen LogP contribution in [0.1, 0.15) is 18.4 Å². The van der Waals surface area contributed by atoms with Crippen molar-refractivity contribution in [2.24, 2.45) is 0 Å². The second-order valence-electron chi connectivity index (χ2n) is 5.11. The molecule has 1 saturated heterocycles. The smallest absolute Gasteiger partial charge is 0.226 e.